The topological polar surface area (TPSA) is 63.6 Å². The first kappa shape index (κ1) is 21.2. The predicted octanol–water partition coefficient (Wildman–Crippen LogP) is 5.72. The molecule has 2 aromatic rings. The molecule has 0 amide bonds. The Morgan fingerprint density at radius 1 is 1.06 bits per heavy atom. The summed E-state index contributed by atoms with van der Waals surface area (Å²) in [6.07, 6.45) is 6.14. The van der Waals surface area contributed by atoms with Gasteiger partial charge in [-0.25, -0.2) is 0 Å². The molecule has 0 unspecified atom stereocenters. The van der Waals surface area contributed by atoms with Crippen LogP contribution in [0.2, 0.25) is 0 Å². The van der Waals surface area contributed by atoms with E-state index in [1.165, 1.54) is 18.1 Å². The molecule has 5 rings (SSSR count). The molecule has 0 radical (unpaired) electrons. The van der Waals surface area contributed by atoms with Crippen molar-refractivity contribution in [2.24, 2.45) is 17.3 Å². The first-order valence-electron chi connectivity index (χ1n) is 11.9. The minimum Gasteiger partial charge on any atom is -0.507 e. The molecular formula is C28H32O4. The largest absolute Gasteiger partial charge is 0.507 e. The van der Waals surface area contributed by atoms with Gasteiger partial charge in [-0.05, 0) is 86.5 Å². The fraction of sp³-hybridized carbons (Fsp3) is 0.500. The summed E-state index contributed by atoms with van der Waals surface area (Å²) in [5.74, 6) is 1.26. The number of carbonyl (C=O) groups excluding carboxylic acids is 2. The van der Waals surface area contributed by atoms with E-state index in [2.05, 4.69) is 6.92 Å². The molecule has 32 heavy (non-hydrogen) atoms. The maximum Gasteiger partial charge on any atom is 0.302 e. The van der Waals surface area contributed by atoms with E-state index in [-0.39, 0.29) is 29.0 Å². The van der Waals surface area contributed by atoms with E-state index in [9.17, 15) is 14.7 Å². The Hall–Kier alpha value is -2.62. The van der Waals surface area contributed by atoms with Crippen LogP contribution in [0.15, 0.2) is 36.4 Å². The normalized spacial score (nSPS) is 30.7. The summed E-state index contributed by atoms with van der Waals surface area (Å²) in [4.78, 5) is 24.8. The molecule has 4 nitrogen and oxygen atoms in total. The zero-order valence-electron chi connectivity index (χ0n) is 19.2. The molecule has 0 aliphatic heterocycles. The van der Waals surface area contributed by atoms with E-state index in [0.717, 1.165) is 44.1 Å². The van der Waals surface area contributed by atoms with Gasteiger partial charge in [0.15, 0.2) is 5.78 Å². The van der Waals surface area contributed by atoms with Crippen molar-refractivity contribution >= 4 is 11.8 Å². The summed E-state index contributed by atoms with van der Waals surface area (Å²) < 4.78 is 5.74. The summed E-state index contributed by atoms with van der Waals surface area (Å²) in [5, 5.41) is 10.7. The number of fused-ring (bicyclic) bond motifs is 5. The number of rotatable bonds is 3. The zero-order valence-corrected chi connectivity index (χ0v) is 19.2. The number of ketones is 1. The van der Waals surface area contributed by atoms with Gasteiger partial charge in [0.25, 0.3) is 0 Å². The number of aromatic hydroxyl groups is 1. The number of phenolic OH excluding ortho intramolecular Hbond substituents is 1. The van der Waals surface area contributed by atoms with Crippen molar-refractivity contribution in [2.75, 3.05) is 0 Å². The van der Waals surface area contributed by atoms with E-state index in [4.69, 9.17) is 4.74 Å². The molecule has 0 spiro atoms. The molecule has 3 aliphatic carbocycles. The standard InChI is InChI=1S/C28H32O4/c1-16-4-6-18(7-5-16)27(31)23-15-22-19(14-25(23)30)8-9-21-20(22)12-13-28(3)24(21)10-11-26(28)32-17(2)29/h4-7,14-15,20-21,24,26,30H,8-13H2,1-3H3/t20-,21+,24-,26-,28-/m0/s1. The minimum absolute atomic E-state index is 0.0193. The SMILES string of the molecule is CC(=O)O[C@H]1CC[C@H]2[C@@H]3CCc4cc(O)c(C(=O)c5ccc(C)cc5)cc4[C@H]3CC[C@]12C. The third kappa shape index (κ3) is 3.35. The average molecular weight is 433 g/mol. The lowest BCUT2D eigenvalue weighted by Crippen LogP contribution is -2.45. The van der Waals surface area contributed by atoms with Crippen molar-refractivity contribution in [2.45, 2.75) is 71.3 Å². The fourth-order valence-electron chi connectivity index (χ4n) is 7.00. The minimum atomic E-state index is -0.178. The van der Waals surface area contributed by atoms with Crippen LogP contribution in [-0.4, -0.2) is 23.0 Å². The number of esters is 1. The highest BCUT2D eigenvalue weighted by molar-refractivity contribution is 6.10. The van der Waals surface area contributed by atoms with E-state index in [0.29, 0.717) is 28.9 Å². The van der Waals surface area contributed by atoms with E-state index in [1.54, 1.807) is 0 Å². The van der Waals surface area contributed by atoms with Crippen molar-refractivity contribution in [3.05, 3.63) is 64.2 Å². The second-order valence-corrected chi connectivity index (χ2v) is 10.4. The lowest BCUT2D eigenvalue weighted by molar-refractivity contribution is -0.154. The molecule has 0 heterocycles. The third-order valence-corrected chi connectivity index (χ3v) is 8.62. The van der Waals surface area contributed by atoms with E-state index < -0.39 is 0 Å². The van der Waals surface area contributed by atoms with Crippen LogP contribution in [0.3, 0.4) is 0 Å². The van der Waals surface area contributed by atoms with Crippen LogP contribution in [0.4, 0.5) is 0 Å². The lowest BCUT2D eigenvalue weighted by atomic mass is 9.55. The Bertz CT molecular complexity index is 1070. The van der Waals surface area contributed by atoms with Crippen LogP contribution in [0.5, 0.6) is 5.75 Å². The third-order valence-electron chi connectivity index (χ3n) is 8.62. The van der Waals surface area contributed by atoms with Gasteiger partial charge in [0.05, 0.1) is 5.56 Å². The number of carbonyl (C=O) groups is 2. The summed E-state index contributed by atoms with van der Waals surface area (Å²) >= 11 is 0. The van der Waals surface area contributed by atoms with Crippen LogP contribution < -0.4 is 0 Å². The quantitative estimate of drug-likeness (QED) is 0.498. The molecular weight excluding hydrogens is 400 g/mol. The van der Waals surface area contributed by atoms with Crippen LogP contribution >= 0.6 is 0 Å². The maximum absolute atomic E-state index is 13.2. The van der Waals surface area contributed by atoms with E-state index >= 15 is 0 Å². The van der Waals surface area contributed by atoms with Gasteiger partial charge in [-0.3, -0.25) is 9.59 Å². The highest BCUT2D eigenvalue weighted by atomic mass is 16.5. The molecule has 0 saturated heterocycles. The number of hydrogen-bond acceptors (Lipinski definition) is 4. The number of benzene rings is 2. The van der Waals surface area contributed by atoms with Crippen LogP contribution in [0, 0.1) is 24.2 Å². The van der Waals surface area contributed by atoms with Crippen molar-refractivity contribution in [1.29, 1.82) is 0 Å². The lowest BCUT2D eigenvalue weighted by Gasteiger charge is -2.50. The van der Waals surface area contributed by atoms with Gasteiger partial charge in [-0.15, -0.1) is 0 Å². The first-order valence-corrected chi connectivity index (χ1v) is 11.9. The van der Waals surface area contributed by atoms with Crippen LogP contribution in [0.25, 0.3) is 0 Å². The number of aryl methyl sites for hydroxylation is 2. The fourth-order valence-corrected chi connectivity index (χ4v) is 7.00. The average Bonchev–Trinajstić information content (AvgIpc) is 3.09. The van der Waals surface area contributed by atoms with Gasteiger partial charge in [-0.2, -0.15) is 0 Å². The second kappa shape index (κ2) is 7.75. The van der Waals surface area contributed by atoms with Crippen LogP contribution in [0.1, 0.15) is 84.5 Å². The second-order valence-electron chi connectivity index (χ2n) is 10.4. The van der Waals surface area contributed by atoms with Gasteiger partial charge in [0, 0.05) is 17.9 Å². The number of hydrogen-bond donors (Lipinski definition) is 1. The predicted molar refractivity (Wildman–Crippen MR) is 123 cm³/mol. The molecule has 0 aromatic heterocycles. The molecule has 2 aromatic carbocycles. The summed E-state index contributed by atoms with van der Waals surface area (Å²) in [5.41, 5.74) is 4.59. The van der Waals surface area contributed by atoms with Crippen molar-refractivity contribution in [3.8, 4) is 5.75 Å². The highest BCUT2D eigenvalue weighted by Gasteiger charge is 2.56. The monoisotopic (exact) mass is 432 g/mol. The zero-order chi connectivity index (χ0) is 22.6. The maximum atomic E-state index is 13.2. The van der Waals surface area contributed by atoms with Gasteiger partial charge in [-0.1, -0.05) is 36.8 Å². The first-order chi connectivity index (χ1) is 15.3. The Balaban J connectivity index is 1.47. The molecule has 4 heteroatoms. The number of phenols is 1. The molecule has 2 saturated carbocycles. The van der Waals surface area contributed by atoms with E-state index in [1.807, 2.05) is 43.3 Å². The van der Waals surface area contributed by atoms with Gasteiger partial charge in [0.2, 0.25) is 0 Å². The Morgan fingerprint density at radius 2 is 1.81 bits per heavy atom. The van der Waals surface area contributed by atoms with Gasteiger partial charge in [0.1, 0.15) is 11.9 Å². The molecule has 0 bridgehead atoms. The summed E-state index contributed by atoms with van der Waals surface area (Å²) in [7, 11) is 0. The van der Waals surface area contributed by atoms with Gasteiger partial charge < -0.3 is 9.84 Å². The Kier molecular flexibility index (Phi) is 5.15. The molecule has 2 fully saturated rings. The summed E-state index contributed by atoms with van der Waals surface area (Å²) in [6, 6.07) is 11.3. The van der Waals surface area contributed by atoms with Crippen molar-refractivity contribution in [1.82, 2.24) is 0 Å². The van der Waals surface area contributed by atoms with Gasteiger partial charge >= 0.3 is 5.97 Å². The molecule has 5 atom stereocenters. The van der Waals surface area contributed by atoms with Crippen molar-refractivity contribution in [3.63, 3.8) is 0 Å². The smallest absolute Gasteiger partial charge is 0.302 e. The molecule has 3 aliphatic rings. The molecule has 1 N–H and O–H groups in total. The van der Waals surface area contributed by atoms with Crippen molar-refractivity contribution < 1.29 is 19.4 Å². The van der Waals surface area contributed by atoms with Crippen LogP contribution in [-0.2, 0) is 16.0 Å². The molecule has 168 valence electrons. The number of ether oxygens (including phenoxy) is 1. The Labute approximate surface area is 190 Å². The highest BCUT2D eigenvalue weighted by Crippen LogP contribution is 2.61. The Morgan fingerprint density at radius 3 is 2.53 bits per heavy atom. The summed E-state index contributed by atoms with van der Waals surface area (Å²) in [6.45, 7) is 5.82.